The van der Waals surface area contributed by atoms with Crippen LogP contribution in [0.25, 0.3) is 0 Å². The number of halogens is 1. The molecule has 2 aromatic carbocycles. The molecule has 0 atom stereocenters. The van der Waals surface area contributed by atoms with E-state index in [1.807, 2.05) is 36.4 Å². The molecule has 0 radical (unpaired) electrons. The van der Waals surface area contributed by atoms with Crippen molar-refractivity contribution in [2.75, 3.05) is 12.4 Å². The van der Waals surface area contributed by atoms with Crippen LogP contribution in [-0.2, 0) is 13.1 Å². The summed E-state index contributed by atoms with van der Waals surface area (Å²) in [5.74, 6) is 1.31. The Morgan fingerprint density at radius 1 is 1.00 bits per heavy atom. The zero-order chi connectivity index (χ0) is 19.1. The molecule has 138 valence electrons. The van der Waals surface area contributed by atoms with E-state index in [0.717, 1.165) is 16.9 Å². The smallest absolute Gasteiger partial charge is 0.251 e. The number of rotatable bonds is 7. The van der Waals surface area contributed by atoms with Crippen LogP contribution in [0, 0.1) is 0 Å². The summed E-state index contributed by atoms with van der Waals surface area (Å²) < 4.78 is 5.15. The maximum Gasteiger partial charge on any atom is 0.251 e. The second-order valence-electron chi connectivity index (χ2n) is 5.94. The summed E-state index contributed by atoms with van der Waals surface area (Å²) in [7, 11) is 1.64. The molecule has 27 heavy (non-hydrogen) atoms. The Kier molecular flexibility index (Phi) is 6.28. The van der Waals surface area contributed by atoms with Crippen LogP contribution in [0.2, 0.25) is 5.02 Å². The van der Waals surface area contributed by atoms with E-state index >= 15 is 0 Å². The van der Waals surface area contributed by atoms with Crippen molar-refractivity contribution in [3.05, 3.63) is 88.6 Å². The van der Waals surface area contributed by atoms with Gasteiger partial charge in [-0.25, -0.2) is 4.98 Å². The van der Waals surface area contributed by atoms with Crippen molar-refractivity contribution in [2.45, 2.75) is 13.1 Å². The van der Waals surface area contributed by atoms with Gasteiger partial charge in [-0.05, 0) is 47.5 Å². The lowest BCUT2D eigenvalue weighted by atomic mass is 10.2. The molecule has 6 heteroatoms. The van der Waals surface area contributed by atoms with E-state index in [4.69, 9.17) is 16.3 Å². The molecule has 5 nitrogen and oxygen atoms in total. The van der Waals surface area contributed by atoms with Gasteiger partial charge in [-0.1, -0.05) is 35.9 Å². The molecule has 1 aromatic heterocycles. The van der Waals surface area contributed by atoms with Gasteiger partial charge in [0.2, 0.25) is 0 Å². The van der Waals surface area contributed by atoms with Gasteiger partial charge in [0.15, 0.2) is 0 Å². The van der Waals surface area contributed by atoms with Gasteiger partial charge in [-0.2, -0.15) is 0 Å². The Bertz CT molecular complexity index is 896. The molecule has 0 unspecified atom stereocenters. The predicted molar refractivity (Wildman–Crippen MR) is 107 cm³/mol. The van der Waals surface area contributed by atoms with Crippen molar-refractivity contribution in [3.63, 3.8) is 0 Å². The number of benzene rings is 2. The lowest BCUT2D eigenvalue weighted by molar-refractivity contribution is 0.0951. The van der Waals surface area contributed by atoms with Crippen molar-refractivity contribution in [2.24, 2.45) is 0 Å². The van der Waals surface area contributed by atoms with Crippen LogP contribution in [-0.4, -0.2) is 18.0 Å². The van der Waals surface area contributed by atoms with Crippen molar-refractivity contribution < 1.29 is 9.53 Å². The largest absolute Gasteiger partial charge is 0.497 e. The molecule has 0 spiro atoms. The molecule has 0 aliphatic heterocycles. The van der Waals surface area contributed by atoms with Crippen LogP contribution < -0.4 is 15.4 Å². The van der Waals surface area contributed by atoms with Gasteiger partial charge in [0.1, 0.15) is 11.6 Å². The summed E-state index contributed by atoms with van der Waals surface area (Å²) >= 11 is 5.87. The van der Waals surface area contributed by atoms with E-state index in [0.29, 0.717) is 29.5 Å². The first-order valence-corrected chi connectivity index (χ1v) is 8.87. The topological polar surface area (TPSA) is 63.2 Å². The maximum absolute atomic E-state index is 12.4. The van der Waals surface area contributed by atoms with Gasteiger partial charge in [0.05, 0.1) is 7.11 Å². The van der Waals surface area contributed by atoms with Crippen molar-refractivity contribution in [1.29, 1.82) is 0 Å². The first-order valence-electron chi connectivity index (χ1n) is 8.49. The highest BCUT2D eigenvalue weighted by Gasteiger charge is 2.07. The normalized spacial score (nSPS) is 10.3. The van der Waals surface area contributed by atoms with E-state index in [1.54, 1.807) is 37.6 Å². The zero-order valence-corrected chi connectivity index (χ0v) is 15.7. The molecular weight excluding hydrogens is 362 g/mol. The standard InChI is InChI=1S/C21H20ClN3O2/c1-27-19-8-4-16(5-9-19)13-24-20-12-17(10-11-23-20)21(26)25-14-15-2-6-18(22)7-3-15/h2-12H,13-14H2,1H3,(H,23,24)(H,25,26). The van der Waals surface area contributed by atoms with Crippen LogP contribution in [0.15, 0.2) is 66.9 Å². The Labute approximate surface area is 163 Å². The van der Waals surface area contributed by atoms with Gasteiger partial charge in [-0.15, -0.1) is 0 Å². The number of aromatic nitrogens is 1. The average Bonchev–Trinajstić information content (AvgIpc) is 2.72. The second kappa shape index (κ2) is 9.05. The van der Waals surface area contributed by atoms with E-state index in [9.17, 15) is 4.79 Å². The minimum Gasteiger partial charge on any atom is -0.497 e. The Morgan fingerprint density at radius 3 is 2.37 bits per heavy atom. The van der Waals surface area contributed by atoms with Crippen molar-refractivity contribution in [1.82, 2.24) is 10.3 Å². The van der Waals surface area contributed by atoms with E-state index in [1.165, 1.54) is 0 Å². The summed E-state index contributed by atoms with van der Waals surface area (Å²) in [6.45, 7) is 1.04. The number of hydrogen-bond acceptors (Lipinski definition) is 4. The summed E-state index contributed by atoms with van der Waals surface area (Å²) in [5.41, 5.74) is 2.63. The van der Waals surface area contributed by atoms with Gasteiger partial charge >= 0.3 is 0 Å². The van der Waals surface area contributed by atoms with E-state index < -0.39 is 0 Å². The molecule has 0 fully saturated rings. The molecule has 1 amide bonds. The quantitative estimate of drug-likeness (QED) is 0.641. The zero-order valence-electron chi connectivity index (χ0n) is 14.9. The molecule has 3 rings (SSSR count). The average molecular weight is 382 g/mol. The fourth-order valence-electron chi connectivity index (χ4n) is 2.49. The van der Waals surface area contributed by atoms with E-state index in [2.05, 4.69) is 15.6 Å². The number of nitrogens with zero attached hydrogens (tertiary/aromatic N) is 1. The van der Waals surface area contributed by atoms with Gasteiger partial charge < -0.3 is 15.4 Å². The fourth-order valence-corrected chi connectivity index (χ4v) is 2.62. The summed E-state index contributed by atoms with van der Waals surface area (Å²) in [6, 6.07) is 18.6. The molecule has 0 aliphatic carbocycles. The molecule has 0 saturated heterocycles. The summed E-state index contributed by atoms with van der Waals surface area (Å²) in [6.07, 6.45) is 1.62. The lowest BCUT2D eigenvalue weighted by Gasteiger charge is -2.09. The number of hydrogen-bond donors (Lipinski definition) is 2. The van der Waals surface area contributed by atoms with Crippen LogP contribution in [0.5, 0.6) is 5.75 Å². The lowest BCUT2D eigenvalue weighted by Crippen LogP contribution is -2.23. The molecule has 3 aromatic rings. The van der Waals surface area contributed by atoms with Crippen LogP contribution in [0.1, 0.15) is 21.5 Å². The summed E-state index contributed by atoms with van der Waals surface area (Å²) in [4.78, 5) is 16.6. The minimum absolute atomic E-state index is 0.153. The molecule has 0 aliphatic rings. The predicted octanol–water partition coefficient (Wildman–Crippen LogP) is 4.29. The number of pyridine rings is 1. The number of ether oxygens (including phenoxy) is 1. The Balaban J connectivity index is 1.56. The number of carbonyl (C=O) groups excluding carboxylic acids is 1. The number of anilines is 1. The van der Waals surface area contributed by atoms with Crippen LogP contribution in [0.3, 0.4) is 0 Å². The highest BCUT2D eigenvalue weighted by atomic mass is 35.5. The third-order valence-corrected chi connectivity index (χ3v) is 4.27. The van der Waals surface area contributed by atoms with Gasteiger partial charge in [0, 0.05) is 29.9 Å². The minimum atomic E-state index is -0.153. The second-order valence-corrected chi connectivity index (χ2v) is 6.38. The molecule has 0 bridgehead atoms. The number of methoxy groups -OCH3 is 1. The molecular formula is C21H20ClN3O2. The first kappa shape index (κ1) is 18.7. The van der Waals surface area contributed by atoms with Crippen molar-refractivity contribution >= 4 is 23.3 Å². The number of carbonyl (C=O) groups is 1. The van der Waals surface area contributed by atoms with E-state index in [-0.39, 0.29) is 5.91 Å². The van der Waals surface area contributed by atoms with Gasteiger partial charge in [0.25, 0.3) is 5.91 Å². The fraction of sp³-hybridized carbons (Fsp3) is 0.143. The highest BCUT2D eigenvalue weighted by molar-refractivity contribution is 6.30. The molecule has 1 heterocycles. The number of amides is 1. The third-order valence-electron chi connectivity index (χ3n) is 4.02. The van der Waals surface area contributed by atoms with Crippen LogP contribution in [0.4, 0.5) is 5.82 Å². The number of nitrogens with one attached hydrogen (secondary N) is 2. The molecule has 0 saturated carbocycles. The summed E-state index contributed by atoms with van der Waals surface area (Å²) in [5, 5.41) is 6.80. The highest BCUT2D eigenvalue weighted by Crippen LogP contribution is 2.14. The Morgan fingerprint density at radius 2 is 1.67 bits per heavy atom. The van der Waals surface area contributed by atoms with Gasteiger partial charge in [-0.3, -0.25) is 4.79 Å². The monoisotopic (exact) mass is 381 g/mol. The maximum atomic E-state index is 12.4. The van der Waals surface area contributed by atoms with Crippen molar-refractivity contribution in [3.8, 4) is 5.75 Å². The molecule has 2 N–H and O–H groups in total. The third kappa shape index (κ3) is 5.46. The Hall–Kier alpha value is -3.05. The SMILES string of the molecule is COc1ccc(CNc2cc(C(=O)NCc3ccc(Cl)cc3)ccn2)cc1. The first-order chi connectivity index (χ1) is 13.1. The van der Waals surface area contributed by atoms with Crippen LogP contribution >= 0.6 is 11.6 Å².